The third-order valence-electron chi connectivity index (χ3n) is 4.46. The maximum absolute atomic E-state index is 12.9. The molecule has 3 aromatic rings. The standard InChI is InChI=1S/C19H19ClN6O2S/c20-17-22-18(21-14-7-2-1-3-8-14)24-19(23-17)25-29(27,28)16-10-6-9-15(13-16)26-11-4-5-12-26/h1-3,6-10,13H,4-5,11-12H2,(H2,21,22,23,24,25). The molecular formula is C19H19ClN6O2S. The highest BCUT2D eigenvalue weighted by atomic mass is 35.5. The van der Waals surface area contributed by atoms with Gasteiger partial charge in [-0.1, -0.05) is 24.3 Å². The van der Waals surface area contributed by atoms with Crippen LogP contribution in [0.5, 0.6) is 0 Å². The average Bonchev–Trinajstić information content (AvgIpc) is 3.23. The van der Waals surface area contributed by atoms with Gasteiger partial charge in [0.2, 0.25) is 17.2 Å². The molecule has 2 N–H and O–H groups in total. The predicted octanol–water partition coefficient (Wildman–Crippen LogP) is 3.67. The zero-order chi connectivity index (χ0) is 20.3. The number of hydrogen-bond acceptors (Lipinski definition) is 7. The summed E-state index contributed by atoms with van der Waals surface area (Å²) in [6, 6.07) is 16.0. The number of benzene rings is 2. The first kappa shape index (κ1) is 19.4. The van der Waals surface area contributed by atoms with Crippen LogP contribution >= 0.6 is 11.6 Å². The average molecular weight is 431 g/mol. The lowest BCUT2D eigenvalue weighted by Crippen LogP contribution is -2.19. The SMILES string of the molecule is O=S(=O)(Nc1nc(Cl)nc(Nc2ccccc2)n1)c1cccc(N2CCCC2)c1. The van der Waals surface area contributed by atoms with Gasteiger partial charge in [0, 0.05) is 24.5 Å². The van der Waals surface area contributed by atoms with Gasteiger partial charge in [0.05, 0.1) is 4.90 Å². The summed E-state index contributed by atoms with van der Waals surface area (Å²) in [6.07, 6.45) is 2.21. The molecule has 1 fully saturated rings. The van der Waals surface area contributed by atoms with Gasteiger partial charge in [-0.3, -0.25) is 0 Å². The second-order valence-electron chi connectivity index (χ2n) is 6.54. The van der Waals surface area contributed by atoms with Crippen molar-refractivity contribution in [2.24, 2.45) is 0 Å². The van der Waals surface area contributed by atoms with E-state index < -0.39 is 10.0 Å². The Bertz CT molecular complexity index is 1100. The summed E-state index contributed by atoms with van der Waals surface area (Å²) in [5.74, 6) is -0.0188. The molecule has 2 aromatic carbocycles. The van der Waals surface area contributed by atoms with Gasteiger partial charge in [-0.05, 0) is 54.8 Å². The molecule has 1 aromatic heterocycles. The molecule has 0 spiro atoms. The van der Waals surface area contributed by atoms with Crippen molar-refractivity contribution in [3.05, 3.63) is 59.9 Å². The minimum atomic E-state index is -3.89. The van der Waals surface area contributed by atoms with E-state index in [9.17, 15) is 8.42 Å². The van der Waals surface area contributed by atoms with Crippen LogP contribution in [0.1, 0.15) is 12.8 Å². The first-order chi connectivity index (χ1) is 14.0. The summed E-state index contributed by atoms with van der Waals surface area (Å²) in [5.41, 5.74) is 1.62. The highest BCUT2D eigenvalue weighted by molar-refractivity contribution is 7.92. The summed E-state index contributed by atoms with van der Waals surface area (Å²) >= 11 is 5.96. The molecule has 150 valence electrons. The number of nitrogens with one attached hydrogen (secondary N) is 2. The maximum atomic E-state index is 12.9. The van der Waals surface area contributed by atoms with Gasteiger partial charge in [0.1, 0.15) is 0 Å². The number of para-hydroxylation sites is 1. The van der Waals surface area contributed by atoms with Crippen molar-refractivity contribution in [2.75, 3.05) is 28.0 Å². The zero-order valence-corrected chi connectivity index (χ0v) is 17.0. The van der Waals surface area contributed by atoms with Crippen molar-refractivity contribution in [1.29, 1.82) is 0 Å². The Morgan fingerprint density at radius 3 is 2.38 bits per heavy atom. The van der Waals surface area contributed by atoms with E-state index in [1.807, 2.05) is 36.4 Å². The molecule has 0 unspecified atom stereocenters. The molecule has 10 heteroatoms. The zero-order valence-electron chi connectivity index (χ0n) is 15.4. The third-order valence-corrected chi connectivity index (χ3v) is 5.96. The second kappa shape index (κ2) is 8.22. The highest BCUT2D eigenvalue weighted by Crippen LogP contribution is 2.24. The van der Waals surface area contributed by atoms with E-state index in [4.69, 9.17) is 11.6 Å². The fourth-order valence-corrected chi connectivity index (χ4v) is 4.25. The Balaban J connectivity index is 1.57. The van der Waals surface area contributed by atoms with E-state index >= 15 is 0 Å². The van der Waals surface area contributed by atoms with E-state index in [2.05, 4.69) is 29.9 Å². The number of sulfonamides is 1. The quantitative estimate of drug-likeness (QED) is 0.615. The molecule has 1 saturated heterocycles. The summed E-state index contributed by atoms with van der Waals surface area (Å²) in [4.78, 5) is 14.3. The van der Waals surface area contributed by atoms with Crippen LogP contribution in [-0.2, 0) is 10.0 Å². The fourth-order valence-electron chi connectivity index (χ4n) is 3.10. The number of aromatic nitrogens is 3. The summed E-state index contributed by atoms with van der Waals surface area (Å²) in [5, 5.41) is 2.85. The smallest absolute Gasteiger partial charge is 0.264 e. The van der Waals surface area contributed by atoms with E-state index in [0.29, 0.717) is 0 Å². The van der Waals surface area contributed by atoms with Crippen LogP contribution in [0.3, 0.4) is 0 Å². The number of halogens is 1. The molecule has 1 aliphatic rings. The second-order valence-corrected chi connectivity index (χ2v) is 8.56. The number of anilines is 4. The Kier molecular flexibility index (Phi) is 5.50. The molecule has 1 aliphatic heterocycles. The molecular weight excluding hydrogens is 412 g/mol. The predicted molar refractivity (Wildman–Crippen MR) is 113 cm³/mol. The van der Waals surface area contributed by atoms with Crippen LogP contribution in [0, 0.1) is 0 Å². The van der Waals surface area contributed by atoms with Gasteiger partial charge >= 0.3 is 0 Å². The van der Waals surface area contributed by atoms with Crippen LogP contribution in [0.4, 0.5) is 23.3 Å². The lowest BCUT2D eigenvalue weighted by atomic mass is 10.3. The molecule has 8 nitrogen and oxygen atoms in total. The molecule has 0 amide bonds. The summed E-state index contributed by atoms with van der Waals surface area (Å²) < 4.78 is 28.1. The first-order valence-electron chi connectivity index (χ1n) is 9.11. The van der Waals surface area contributed by atoms with Gasteiger partial charge in [0.25, 0.3) is 10.0 Å². The van der Waals surface area contributed by atoms with Crippen LogP contribution in [-0.4, -0.2) is 36.5 Å². The van der Waals surface area contributed by atoms with Crippen LogP contribution < -0.4 is 14.9 Å². The van der Waals surface area contributed by atoms with Crippen LogP contribution in [0.15, 0.2) is 59.5 Å². The van der Waals surface area contributed by atoms with E-state index in [-0.39, 0.29) is 22.1 Å². The molecule has 2 heterocycles. The largest absolute Gasteiger partial charge is 0.371 e. The molecule has 4 rings (SSSR count). The molecule has 0 radical (unpaired) electrons. The monoisotopic (exact) mass is 430 g/mol. The summed E-state index contributed by atoms with van der Waals surface area (Å²) in [6.45, 7) is 1.85. The van der Waals surface area contributed by atoms with Crippen molar-refractivity contribution < 1.29 is 8.42 Å². The van der Waals surface area contributed by atoms with Crippen LogP contribution in [0.25, 0.3) is 0 Å². The lowest BCUT2D eigenvalue weighted by molar-refractivity contribution is 0.600. The minimum Gasteiger partial charge on any atom is -0.371 e. The van der Waals surface area contributed by atoms with E-state index in [1.165, 1.54) is 6.07 Å². The topological polar surface area (TPSA) is 100 Å². The van der Waals surface area contributed by atoms with E-state index in [0.717, 1.165) is 37.3 Å². The third kappa shape index (κ3) is 4.75. The van der Waals surface area contributed by atoms with Crippen molar-refractivity contribution in [1.82, 2.24) is 15.0 Å². The Hall–Kier alpha value is -2.91. The van der Waals surface area contributed by atoms with Gasteiger partial charge in [-0.25, -0.2) is 13.1 Å². The summed E-state index contributed by atoms with van der Waals surface area (Å²) in [7, 11) is -3.89. The van der Waals surface area contributed by atoms with Crippen molar-refractivity contribution in [3.8, 4) is 0 Å². The highest BCUT2D eigenvalue weighted by Gasteiger charge is 2.20. The molecule has 0 saturated carbocycles. The Labute approximate surface area is 174 Å². The van der Waals surface area contributed by atoms with Crippen molar-refractivity contribution >= 4 is 44.9 Å². The van der Waals surface area contributed by atoms with Crippen molar-refractivity contribution in [3.63, 3.8) is 0 Å². The number of nitrogens with zero attached hydrogens (tertiary/aromatic N) is 4. The van der Waals surface area contributed by atoms with Gasteiger partial charge in [-0.15, -0.1) is 0 Å². The number of rotatable bonds is 6. The van der Waals surface area contributed by atoms with Crippen LogP contribution in [0.2, 0.25) is 5.28 Å². The van der Waals surface area contributed by atoms with E-state index in [1.54, 1.807) is 12.1 Å². The van der Waals surface area contributed by atoms with Gasteiger partial charge < -0.3 is 10.2 Å². The normalized spacial score (nSPS) is 14.0. The lowest BCUT2D eigenvalue weighted by Gasteiger charge is -2.18. The molecule has 0 atom stereocenters. The minimum absolute atomic E-state index is 0.123. The first-order valence-corrected chi connectivity index (χ1v) is 11.0. The Morgan fingerprint density at radius 1 is 0.897 bits per heavy atom. The fraction of sp³-hybridized carbons (Fsp3) is 0.211. The molecule has 29 heavy (non-hydrogen) atoms. The molecule has 0 aliphatic carbocycles. The maximum Gasteiger partial charge on any atom is 0.264 e. The molecule has 0 bridgehead atoms. The number of hydrogen-bond donors (Lipinski definition) is 2. The Morgan fingerprint density at radius 2 is 1.62 bits per heavy atom. The van der Waals surface area contributed by atoms with Gasteiger partial charge in [-0.2, -0.15) is 15.0 Å². The van der Waals surface area contributed by atoms with Crippen molar-refractivity contribution in [2.45, 2.75) is 17.7 Å². The van der Waals surface area contributed by atoms with Gasteiger partial charge in [0.15, 0.2) is 0 Å².